The number of hydrogen-bond acceptors (Lipinski definition) is 12. The Kier molecular flexibility index (Phi) is 8.43. The molecule has 1 saturated heterocycles. The van der Waals surface area contributed by atoms with Crippen molar-refractivity contribution in [3.05, 3.63) is 46.7 Å². The minimum atomic E-state index is -1.63. The van der Waals surface area contributed by atoms with Crippen LogP contribution in [0.1, 0.15) is 55.3 Å². The van der Waals surface area contributed by atoms with Gasteiger partial charge in [0.25, 0.3) is 0 Å². The molecule has 1 fully saturated rings. The Bertz CT molecular complexity index is 1170. The van der Waals surface area contributed by atoms with Gasteiger partial charge >= 0.3 is 23.9 Å². The van der Waals surface area contributed by atoms with Crippen LogP contribution < -0.4 is 0 Å². The lowest BCUT2D eigenvalue weighted by atomic mass is 9.88. The van der Waals surface area contributed by atoms with Crippen LogP contribution in [0.5, 0.6) is 0 Å². The summed E-state index contributed by atoms with van der Waals surface area (Å²) in [6.07, 6.45) is -6.05. The van der Waals surface area contributed by atoms with Gasteiger partial charge < -0.3 is 23.7 Å². The molecule has 1 aliphatic heterocycles. The van der Waals surface area contributed by atoms with E-state index in [1.54, 1.807) is 12.1 Å². The zero-order valence-corrected chi connectivity index (χ0v) is 20.8. The van der Waals surface area contributed by atoms with E-state index in [0.29, 0.717) is 0 Å². The molecule has 5 atom stereocenters. The van der Waals surface area contributed by atoms with E-state index in [0.717, 1.165) is 27.7 Å². The Labute approximate surface area is 211 Å². The largest absolute Gasteiger partial charge is 0.465 e. The maximum absolute atomic E-state index is 13.2. The lowest BCUT2D eigenvalue weighted by Gasteiger charge is -2.44. The molecule has 0 N–H and O–H groups in total. The third kappa shape index (κ3) is 6.20. The van der Waals surface area contributed by atoms with Gasteiger partial charge in [-0.3, -0.25) is 33.5 Å². The molecule has 1 aliphatic carbocycles. The van der Waals surface area contributed by atoms with Gasteiger partial charge in [-0.15, -0.1) is 0 Å². The van der Waals surface area contributed by atoms with E-state index in [1.165, 1.54) is 19.1 Å². The quantitative estimate of drug-likeness (QED) is 0.380. The molecule has 0 saturated carbocycles. The predicted molar refractivity (Wildman–Crippen MR) is 121 cm³/mol. The minimum Gasteiger partial charge on any atom is -0.465 e. The van der Waals surface area contributed by atoms with E-state index in [1.807, 2.05) is 0 Å². The number of rotatable bonds is 7. The molecule has 1 aromatic rings. The standard InChI is InChI=1S/C25H26O12/c1-11-19(30)16-8-6-7-9-17(16)20(31)21(11)36-24-18(10-32-12(2)26)22(33-13(3)27)23(34-14(4)28)25(37-24)35-15(5)29/h6-9,18,22-25H,10H2,1-5H3/t18-,22-,23+,24-,25+/m1/s1. The van der Waals surface area contributed by atoms with Gasteiger partial charge in [0, 0.05) is 44.4 Å². The average molecular weight is 518 g/mol. The number of carbonyl (C=O) groups is 6. The van der Waals surface area contributed by atoms with Crippen molar-refractivity contribution >= 4 is 35.4 Å². The monoisotopic (exact) mass is 518 g/mol. The average Bonchev–Trinajstić information content (AvgIpc) is 2.81. The fraction of sp³-hybridized carbons (Fsp3) is 0.440. The van der Waals surface area contributed by atoms with Gasteiger partial charge in [0.15, 0.2) is 17.6 Å². The number of ketones is 2. The topological polar surface area (TPSA) is 158 Å². The third-order valence-corrected chi connectivity index (χ3v) is 5.53. The summed E-state index contributed by atoms with van der Waals surface area (Å²) in [7, 11) is 0. The van der Waals surface area contributed by atoms with E-state index >= 15 is 0 Å². The van der Waals surface area contributed by atoms with Crippen LogP contribution in [0.2, 0.25) is 0 Å². The molecular formula is C25H26O12. The maximum atomic E-state index is 13.2. The van der Waals surface area contributed by atoms with Gasteiger partial charge in [0.2, 0.25) is 24.5 Å². The van der Waals surface area contributed by atoms with Crippen LogP contribution in [0, 0.1) is 5.92 Å². The summed E-state index contributed by atoms with van der Waals surface area (Å²) < 4.78 is 32.5. The number of esters is 4. The summed E-state index contributed by atoms with van der Waals surface area (Å²) in [6, 6.07) is 6.17. The van der Waals surface area contributed by atoms with Crippen molar-refractivity contribution in [3.63, 3.8) is 0 Å². The Morgan fingerprint density at radius 1 is 0.757 bits per heavy atom. The number of Topliss-reactive ketones (excluding diaryl/α,β-unsaturated/α-hetero) is 2. The number of benzene rings is 1. The number of allylic oxidation sites excluding steroid dienone is 2. The highest BCUT2D eigenvalue weighted by molar-refractivity contribution is 6.25. The van der Waals surface area contributed by atoms with Crippen LogP contribution in [-0.2, 0) is 47.6 Å². The van der Waals surface area contributed by atoms with Gasteiger partial charge in [0.05, 0.1) is 5.92 Å². The summed E-state index contributed by atoms with van der Waals surface area (Å²) in [5.74, 6) is -5.72. The van der Waals surface area contributed by atoms with Crippen molar-refractivity contribution in [3.8, 4) is 0 Å². The molecule has 12 nitrogen and oxygen atoms in total. The number of ether oxygens (including phenoxy) is 6. The molecule has 0 unspecified atom stereocenters. The van der Waals surface area contributed by atoms with E-state index < -0.39 is 72.8 Å². The highest BCUT2D eigenvalue weighted by Crippen LogP contribution is 2.36. The smallest absolute Gasteiger partial charge is 0.305 e. The lowest BCUT2D eigenvalue weighted by Crippen LogP contribution is -2.60. The second kappa shape index (κ2) is 11.3. The van der Waals surface area contributed by atoms with Gasteiger partial charge in [0.1, 0.15) is 6.61 Å². The lowest BCUT2D eigenvalue weighted by molar-refractivity contribution is -0.328. The summed E-state index contributed by atoms with van der Waals surface area (Å²) in [5.41, 5.74) is 0.281. The Hall–Kier alpha value is -4.06. The molecule has 0 bridgehead atoms. The second-order valence-corrected chi connectivity index (χ2v) is 8.37. The number of carbonyl (C=O) groups excluding carboxylic acids is 6. The highest BCUT2D eigenvalue weighted by atomic mass is 16.8. The van der Waals surface area contributed by atoms with E-state index in [9.17, 15) is 28.8 Å². The highest BCUT2D eigenvalue weighted by Gasteiger charge is 2.53. The van der Waals surface area contributed by atoms with Gasteiger partial charge in [-0.25, -0.2) is 0 Å². The first kappa shape index (κ1) is 27.5. The first-order chi connectivity index (χ1) is 17.4. The fourth-order valence-electron chi connectivity index (χ4n) is 4.02. The SMILES string of the molecule is CC(=O)OC[C@H]1[C@H](OC2=C(C)C(=O)c3ccccc3C2=O)O[C@H](OC(C)=O)[C@@H](OC(C)=O)[C@@H]1OC(C)=O. The minimum absolute atomic E-state index is 0.0197. The first-order valence-corrected chi connectivity index (χ1v) is 11.3. The summed E-state index contributed by atoms with van der Waals surface area (Å²) in [6.45, 7) is 5.31. The molecule has 3 rings (SSSR count). The van der Waals surface area contributed by atoms with Crippen molar-refractivity contribution in [1.29, 1.82) is 0 Å². The molecule has 12 heteroatoms. The molecule has 0 aromatic heterocycles. The van der Waals surface area contributed by atoms with Crippen LogP contribution in [0.25, 0.3) is 0 Å². The summed E-state index contributed by atoms with van der Waals surface area (Å²) in [5, 5.41) is 0. The van der Waals surface area contributed by atoms with Crippen LogP contribution in [0.3, 0.4) is 0 Å². The Morgan fingerprint density at radius 2 is 1.30 bits per heavy atom. The van der Waals surface area contributed by atoms with Crippen LogP contribution >= 0.6 is 0 Å². The Morgan fingerprint density at radius 3 is 1.84 bits per heavy atom. The van der Waals surface area contributed by atoms with Gasteiger partial charge in [-0.1, -0.05) is 24.3 Å². The van der Waals surface area contributed by atoms with E-state index in [-0.39, 0.29) is 22.5 Å². The molecule has 2 aliphatic rings. The van der Waals surface area contributed by atoms with Crippen LogP contribution in [-0.4, -0.2) is 66.8 Å². The normalized spacial score (nSPS) is 25.1. The summed E-state index contributed by atoms with van der Waals surface area (Å²) >= 11 is 0. The van der Waals surface area contributed by atoms with Crippen molar-refractivity contribution in [2.45, 2.75) is 59.4 Å². The zero-order valence-electron chi connectivity index (χ0n) is 20.8. The van der Waals surface area contributed by atoms with Crippen molar-refractivity contribution in [1.82, 2.24) is 0 Å². The van der Waals surface area contributed by atoms with Gasteiger partial charge in [-0.05, 0) is 6.92 Å². The molecule has 198 valence electrons. The van der Waals surface area contributed by atoms with E-state index in [2.05, 4.69) is 0 Å². The van der Waals surface area contributed by atoms with Crippen molar-refractivity contribution in [2.24, 2.45) is 5.92 Å². The molecular weight excluding hydrogens is 492 g/mol. The number of fused-ring (bicyclic) bond motifs is 1. The fourth-order valence-corrected chi connectivity index (χ4v) is 4.02. The molecule has 1 heterocycles. The van der Waals surface area contributed by atoms with Crippen LogP contribution in [0.15, 0.2) is 35.6 Å². The zero-order chi connectivity index (χ0) is 27.4. The van der Waals surface area contributed by atoms with E-state index in [4.69, 9.17) is 28.4 Å². The first-order valence-electron chi connectivity index (χ1n) is 11.3. The Balaban J connectivity index is 2.06. The summed E-state index contributed by atoms with van der Waals surface area (Å²) in [4.78, 5) is 73.3. The predicted octanol–water partition coefficient (Wildman–Crippen LogP) is 1.64. The second-order valence-electron chi connectivity index (χ2n) is 8.37. The van der Waals surface area contributed by atoms with Gasteiger partial charge in [-0.2, -0.15) is 0 Å². The molecule has 0 amide bonds. The van der Waals surface area contributed by atoms with Crippen molar-refractivity contribution < 1.29 is 57.2 Å². The molecule has 37 heavy (non-hydrogen) atoms. The van der Waals surface area contributed by atoms with Crippen LogP contribution in [0.4, 0.5) is 0 Å². The number of hydrogen-bond donors (Lipinski definition) is 0. The molecule has 0 radical (unpaired) electrons. The molecule has 1 aromatic carbocycles. The molecule has 0 spiro atoms. The third-order valence-electron chi connectivity index (χ3n) is 5.53. The maximum Gasteiger partial charge on any atom is 0.305 e. The van der Waals surface area contributed by atoms with Crippen molar-refractivity contribution in [2.75, 3.05) is 6.61 Å².